The van der Waals surface area contributed by atoms with Crippen LogP contribution in [-0.4, -0.2) is 25.9 Å². The molecular formula is C9H12N2O4S. The number of nitrogens with two attached hydrogens (primary N) is 1. The quantitative estimate of drug-likeness (QED) is 0.833. The molecule has 0 saturated carbocycles. The molecule has 0 aromatic heterocycles. The van der Waals surface area contributed by atoms with Gasteiger partial charge in [-0.3, -0.25) is 0 Å². The van der Waals surface area contributed by atoms with Gasteiger partial charge in [-0.2, -0.15) is 12.7 Å². The fraction of sp³-hybridized carbons (Fsp3) is 0.222. The molecule has 0 aliphatic rings. The first-order chi connectivity index (χ1) is 7.42. The lowest BCUT2D eigenvalue weighted by atomic mass is 10.2. The van der Waals surface area contributed by atoms with Crippen molar-refractivity contribution in [2.24, 2.45) is 5.73 Å². The van der Waals surface area contributed by atoms with Gasteiger partial charge in [-0.15, -0.1) is 0 Å². The van der Waals surface area contributed by atoms with Crippen LogP contribution in [0.1, 0.15) is 5.56 Å². The average Bonchev–Trinajstić information content (AvgIpc) is 2.17. The van der Waals surface area contributed by atoms with Gasteiger partial charge < -0.3 is 9.92 Å². The lowest BCUT2D eigenvalue weighted by Gasteiger charge is -2.15. The molecule has 88 valence electrons. The first-order valence-corrected chi connectivity index (χ1v) is 5.77. The summed E-state index contributed by atoms with van der Waals surface area (Å²) in [5.41, 5.74) is 5.42. The molecule has 0 saturated heterocycles. The van der Waals surface area contributed by atoms with Crippen molar-refractivity contribution in [3.63, 3.8) is 0 Å². The molecule has 1 amide bonds. The van der Waals surface area contributed by atoms with Crippen LogP contribution in [-0.2, 0) is 21.0 Å². The molecule has 0 atom stereocenters. The van der Waals surface area contributed by atoms with Crippen molar-refractivity contribution in [2.75, 3.05) is 7.05 Å². The summed E-state index contributed by atoms with van der Waals surface area (Å²) in [4.78, 5) is 10.4. The van der Waals surface area contributed by atoms with E-state index < -0.39 is 16.4 Å². The Hall–Kier alpha value is -1.60. The summed E-state index contributed by atoms with van der Waals surface area (Å²) < 4.78 is 27.6. The predicted octanol–water partition coefficient (Wildman–Crippen LogP) is 0.459. The number of benzene rings is 1. The molecule has 0 aliphatic carbocycles. The third-order valence-corrected chi connectivity index (χ3v) is 3.08. The summed E-state index contributed by atoms with van der Waals surface area (Å²) in [6.07, 6.45) is -1.35. The Labute approximate surface area is 93.9 Å². The number of primary amides is 1. The maximum atomic E-state index is 11.3. The molecule has 0 heterocycles. The molecule has 7 heteroatoms. The second kappa shape index (κ2) is 4.95. The molecule has 2 N–H and O–H groups in total. The van der Waals surface area contributed by atoms with Crippen molar-refractivity contribution < 1.29 is 17.4 Å². The van der Waals surface area contributed by atoms with Crippen LogP contribution < -0.4 is 5.73 Å². The SMILES string of the molecule is CN(Cc1ccccc1)S(=O)(=O)OC(N)=O. The second-order valence-electron chi connectivity index (χ2n) is 3.10. The Bertz CT molecular complexity index is 458. The van der Waals surface area contributed by atoms with Gasteiger partial charge in [0.15, 0.2) is 0 Å². The average molecular weight is 244 g/mol. The number of rotatable bonds is 4. The van der Waals surface area contributed by atoms with Gasteiger partial charge in [0.25, 0.3) is 0 Å². The summed E-state index contributed by atoms with van der Waals surface area (Å²) in [7, 11) is -2.80. The van der Waals surface area contributed by atoms with Crippen molar-refractivity contribution >= 4 is 16.4 Å². The fourth-order valence-electron chi connectivity index (χ4n) is 1.09. The summed E-state index contributed by atoms with van der Waals surface area (Å²) in [5, 5.41) is 0. The van der Waals surface area contributed by atoms with Crippen molar-refractivity contribution in [1.29, 1.82) is 0 Å². The van der Waals surface area contributed by atoms with Crippen LogP contribution in [0.4, 0.5) is 4.79 Å². The molecule has 0 unspecified atom stereocenters. The van der Waals surface area contributed by atoms with Gasteiger partial charge in [0.1, 0.15) is 0 Å². The Morgan fingerprint density at radius 2 is 1.94 bits per heavy atom. The van der Waals surface area contributed by atoms with E-state index in [1.165, 1.54) is 7.05 Å². The summed E-state index contributed by atoms with van der Waals surface area (Å²) in [6, 6.07) is 8.90. The monoisotopic (exact) mass is 244 g/mol. The van der Waals surface area contributed by atoms with E-state index in [9.17, 15) is 13.2 Å². The summed E-state index contributed by atoms with van der Waals surface area (Å²) in [6.45, 7) is 0.108. The van der Waals surface area contributed by atoms with Gasteiger partial charge in [0, 0.05) is 13.6 Å². The highest BCUT2D eigenvalue weighted by Crippen LogP contribution is 2.07. The third-order valence-electron chi connectivity index (χ3n) is 1.82. The van der Waals surface area contributed by atoms with Crippen LogP contribution in [0, 0.1) is 0 Å². The Kier molecular flexibility index (Phi) is 3.86. The van der Waals surface area contributed by atoms with Crippen LogP contribution in [0.2, 0.25) is 0 Å². The van der Waals surface area contributed by atoms with Crippen molar-refractivity contribution in [3.8, 4) is 0 Å². The zero-order valence-corrected chi connectivity index (χ0v) is 9.48. The van der Waals surface area contributed by atoms with Gasteiger partial charge in [0.2, 0.25) is 0 Å². The Morgan fingerprint density at radius 3 is 2.44 bits per heavy atom. The number of carbonyl (C=O) groups excluding carboxylic acids is 1. The lowest BCUT2D eigenvalue weighted by Crippen LogP contribution is -2.32. The largest absolute Gasteiger partial charge is 0.421 e. The Balaban J connectivity index is 2.72. The zero-order chi connectivity index (χ0) is 12.2. The number of hydrogen-bond donors (Lipinski definition) is 1. The molecule has 16 heavy (non-hydrogen) atoms. The smallest absolute Gasteiger partial charge is 0.334 e. The molecular weight excluding hydrogens is 232 g/mol. The highest BCUT2D eigenvalue weighted by Gasteiger charge is 2.21. The maximum absolute atomic E-state index is 11.3. The maximum Gasteiger partial charge on any atom is 0.421 e. The minimum absolute atomic E-state index is 0.108. The first-order valence-electron chi connectivity index (χ1n) is 4.41. The van der Waals surface area contributed by atoms with E-state index >= 15 is 0 Å². The van der Waals surface area contributed by atoms with Crippen LogP contribution in [0.15, 0.2) is 30.3 Å². The van der Waals surface area contributed by atoms with E-state index in [-0.39, 0.29) is 6.54 Å². The van der Waals surface area contributed by atoms with Gasteiger partial charge in [0.05, 0.1) is 0 Å². The molecule has 1 rings (SSSR count). The fourth-order valence-corrected chi connectivity index (χ4v) is 1.73. The van der Waals surface area contributed by atoms with Crippen LogP contribution in [0.5, 0.6) is 0 Å². The molecule has 0 aliphatic heterocycles. The topological polar surface area (TPSA) is 89.7 Å². The van der Waals surface area contributed by atoms with Crippen molar-refractivity contribution in [1.82, 2.24) is 4.31 Å². The highest BCUT2D eigenvalue weighted by atomic mass is 32.2. The van der Waals surface area contributed by atoms with Crippen molar-refractivity contribution in [3.05, 3.63) is 35.9 Å². The van der Waals surface area contributed by atoms with E-state index in [2.05, 4.69) is 9.92 Å². The molecule has 0 radical (unpaired) electrons. The Morgan fingerprint density at radius 1 is 1.38 bits per heavy atom. The van der Waals surface area contributed by atoms with Crippen LogP contribution in [0.3, 0.4) is 0 Å². The number of carbonyl (C=O) groups is 1. The van der Waals surface area contributed by atoms with Gasteiger partial charge in [-0.25, -0.2) is 4.79 Å². The number of hydrogen-bond acceptors (Lipinski definition) is 4. The molecule has 0 fully saturated rings. The minimum Gasteiger partial charge on any atom is -0.334 e. The van der Waals surface area contributed by atoms with E-state index in [0.717, 1.165) is 9.87 Å². The van der Waals surface area contributed by atoms with Crippen LogP contribution in [0.25, 0.3) is 0 Å². The third kappa shape index (κ3) is 3.52. The number of amides is 1. The molecule has 0 spiro atoms. The first kappa shape index (κ1) is 12.5. The van der Waals surface area contributed by atoms with Crippen molar-refractivity contribution in [2.45, 2.75) is 6.54 Å². The highest BCUT2D eigenvalue weighted by molar-refractivity contribution is 7.84. The molecule has 6 nitrogen and oxygen atoms in total. The van der Waals surface area contributed by atoms with Gasteiger partial charge >= 0.3 is 16.4 Å². The van der Waals surface area contributed by atoms with E-state index in [4.69, 9.17) is 0 Å². The zero-order valence-electron chi connectivity index (χ0n) is 8.66. The second-order valence-corrected chi connectivity index (χ2v) is 4.75. The molecule has 0 bridgehead atoms. The van der Waals surface area contributed by atoms with Gasteiger partial charge in [-0.1, -0.05) is 30.3 Å². The van der Waals surface area contributed by atoms with Crippen LogP contribution >= 0.6 is 0 Å². The summed E-state index contributed by atoms with van der Waals surface area (Å²) in [5.74, 6) is 0. The van der Waals surface area contributed by atoms with Gasteiger partial charge in [-0.05, 0) is 5.56 Å². The normalized spacial score (nSPS) is 11.4. The lowest BCUT2D eigenvalue weighted by molar-refractivity contribution is 0.207. The summed E-state index contributed by atoms with van der Waals surface area (Å²) >= 11 is 0. The van der Waals surface area contributed by atoms with E-state index in [1.807, 2.05) is 6.07 Å². The van der Waals surface area contributed by atoms with E-state index in [1.54, 1.807) is 24.3 Å². The molecule has 1 aromatic rings. The predicted molar refractivity (Wildman–Crippen MR) is 57.5 cm³/mol. The minimum atomic E-state index is -4.10. The molecule has 1 aromatic carbocycles. The standard InChI is InChI=1S/C9H12N2O4S/c1-11(16(13,14)15-9(10)12)7-8-5-3-2-4-6-8/h2-6H,7H2,1H3,(H2,10,12). The van der Waals surface area contributed by atoms with E-state index in [0.29, 0.717) is 0 Å². The number of nitrogens with zero attached hydrogens (tertiary/aromatic N) is 1.